The third kappa shape index (κ3) is 2.55. The Bertz CT molecular complexity index is 854. The smallest absolute Gasteiger partial charge is 0.315 e. The second kappa shape index (κ2) is 5.57. The normalized spacial score (nSPS) is 14.8. The number of benzene rings is 2. The van der Waals surface area contributed by atoms with E-state index in [2.05, 4.69) is 0 Å². The average molecular weight is 311 g/mol. The number of phenols is 1. The van der Waals surface area contributed by atoms with Gasteiger partial charge in [0.2, 0.25) is 5.75 Å². The second-order valence-corrected chi connectivity index (χ2v) is 5.18. The molecule has 116 valence electrons. The van der Waals surface area contributed by atoms with Gasteiger partial charge < -0.3 is 9.84 Å². The van der Waals surface area contributed by atoms with Gasteiger partial charge in [-0.2, -0.15) is 0 Å². The summed E-state index contributed by atoms with van der Waals surface area (Å²) in [5.41, 5.74) is 2.11. The molecule has 1 aliphatic rings. The van der Waals surface area contributed by atoms with Gasteiger partial charge in [0.1, 0.15) is 0 Å². The van der Waals surface area contributed by atoms with Crippen molar-refractivity contribution in [2.24, 2.45) is 0 Å². The van der Waals surface area contributed by atoms with Gasteiger partial charge in [-0.15, -0.1) is 0 Å². The lowest BCUT2D eigenvalue weighted by Crippen LogP contribution is -1.96. The summed E-state index contributed by atoms with van der Waals surface area (Å²) >= 11 is 0. The minimum Gasteiger partial charge on any atom is -0.500 e. The van der Waals surface area contributed by atoms with Crippen LogP contribution < -0.4 is 4.74 Å². The van der Waals surface area contributed by atoms with Crippen LogP contribution in [0.4, 0.5) is 5.69 Å². The monoisotopic (exact) mass is 311 g/mol. The lowest BCUT2D eigenvalue weighted by atomic mass is 10.1. The molecule has 1 aliphatic carbocycles. The summed E-state index contributed by atoms with van der Waals surface area (Å²) in [5.74, 6) is -0.620. The molecule has 0 fully saturated rings. The van der Waals surface area contributed by atoms with Crippen molar-refractivity contribution in [3.8, 4) is 11.5 Å². The summed E-state index contributed by atoms with van der Waals surface area (Å²) in [6, 6.07) is 10.00. The van der Waals surface area contributed by atoms with Crippen LogP contribution in [0, 0.1) is 10.1 Å². The molecule has 0 spiro atoms. The molecular formula is C17H13NO5. The molecular weight excluding hydrogens is 298 g/mol. The van der Waals surface area contributed by atoms with E-state index in [1.165, 1.54) is 19.2 Å². The van der Waals surface area contributed by atoms with Crippen molar-refractivity contribution in [2.75, 3.05) is 7.11 Å². The molecule has 0 saturated heterocycles. The number of nitrogens with zero attached hydrogens (tertiary/aromatic N) is 1. The van der Waals surface area contributed by atoms with Gasteiger partial charge in [-0.3, -0.25) is 14.9 Å². The Kier molecular flexibility index (Phi) is 3.57. The highest BCUT2D eigenvalue weighted by atomic mass is 16.6. The number of Topliss-reactive ketones (excluding diaryl/α,β-unsaturated/α-hetero) is 1. The van der Waals surface area contributed by atoms with Crippen molar-refractivity contribution in [3.05, 3.63) is 68.8 Å². The number of carbonyl (C=O) groups excluding carboxylic acids is 1. The number of phenolic OH excluding ortho intramolecular Hbond substituents is 1. The largest absolute Gasteiger partial charge is 0.500 e. The molecule has 0 aliphatic heterocycles. The lowest BCUT2D eigenvalue weighted by molar-refractivity contribution is -0.386. The molecule has 0 bridgehead atoms. The minimum absolute atomic E-state index is 0.00555. The van der Waals surface area contributed by atoms with E-state index in [1.807, 2.05) is 12.1 Å². The second-order valence-electron chi connectivity index (χ2n) is 5.18. The summed E-state index contributed by atoms with van der Waals surface area (Å²) in [4.78, 5) is 22.7. The van der Waals surface area contributed by atoms with Crippen molar-refractivity contribution in [3.63, 3.8) is 0 Å². The zero-order chi connectivity index (χ0) is 16.6. The van der Waals surface area contributed by atoms with Gasteiger partial charge in [0.15, 0.2) is 11.5 Å². The minimum atomic E-state index is -0.689. The lowest BCUT2D eigenvalue weighted by Gasteiger charge is -2.06. The summed E-state index contributed by atoms with van der Waals surface area (Å²) in [6.07, 6.45) is 2.07. The summed E-state index contributed by atoms with van der Waals surface area (Å²) in [7, 11) is 1.31. The van der Waals surface area contributed by atoms with Crippen LogP contribution in [0.2, 0.25) is 0 Å². The molecule has 2 aromatic rings. The summed E-state index contributed by atoms with van der Waals surface area (Å²) in [5, 5.41) is 20.8. The van der Waals surface area contributed by atoms with Crippen molar-refractivity contribution in [1.29, 1.82) is 0 Å². The van der Waals surface area contributed by atoms with Crippen LogP contribution in [-0.2, 0) is 6.42 Å². The van der Waals surface area contributed by atoms with Gasteiger partial charge in [-0.1, -0.05) is 24.3 Å². The van der Waals surface area contributed by atoms with Gasteiger partial charge in [-0.05, 0) is 23.3 Å². The molecule has 0 atom stereocenters. The van der Waals surface area contributed by atoms with Crippen LogP contribution in [0.15, 0.2) is 42.0 Å². The third-order valence-corrected chi connectivity index (χ3v) is 3.77. The molecule has 0 heterocycles. The maximum absolute atomic E-state index is 12.4. The molecule has 23 heavy (non-hydrogen) atoms. The Morgan fingerprint density at radius 2 is 2.04 bits per heavy atom. The van der Waals surface area contributed by atoms with E-state index in [9.17, 15) is 20.0 Å². The highest BCUT2D eigenvalue weighted by molar-refractivity contribution is 6.15. The topological polar surface area (TPSA) is 89.7 Å². The standard InChI is InChI=1S/C17H13NO5/c1-23-15-8-10(7-14(17(15)20)18(21)22)6-12-9-11-4-2-3-5-13(11)16(12)19/h2-8,20H,9H2,1H3/b12-6+. The highest BCUT2D eigenvalue weighted by Gasteiger charge is 2.25. The molecule has 1 N–H and O–H groups in total. The molecule has 6 heteroatoms. The first-order valence-electron chi connectivity index (χ1n) is 6.90. The average Bonchev–Trinajstić information content (AvgIpc) is 2.85. The zero-order valence-corrected chi connectivity index (χ0v) is 12.3. The highest BCUT2D eigenvalue weighted by Crippen LogP contribution is 2.38. The van der Waals surface area contributed by atoms with Crippen LogP contribution in [0.5, 0.6) is 11.5 Å². The Labute approximate surface area is 131 Å². The fourth-order valence-corrected chi connectivity index (χ4v) is 2.66. The predicted molar refractivity (Wildman–Crippen MR) is 83.8 cm³/mol. The Balaban J connectivity index is 2.06. The quantitative estimate of drug-likeness (QED) is 0.534. The van der Waals surface area contributed by atoms with Crippen LogP contribution in [0.3, 0.4) is 0 Å². The summed E-state index contributed by atoms with van der Waals surface area (Å²) < 4.78 is 4.96. The number of rotatable bonds is 3. The van der Waals surface area contributed by atoms with Crippen LogP contribution >= 0.6 is 0 Å². The van der Waals surface area contributed by atoms with Crippen molar-refractivity contribution >= 4 is 17.5 Å². The Hall–Kier alpha value is -3.15. The van der Waals surface area contributed by atoms with E-state index in [1.54, 1.807) is 18.2 Å². The fourth-order valence-electron chi connectivity index (χ4n) is 2.66. The van der Waals surface area contributed by atoms with Gasteiger partial charge >= 0.3 is 5.69 Å². The van der Waals surface area contributed by atoms with E-state index in [0.29, 0.717) is 23.1 Å². The third-order valence-electron chi connectivity index (χ3n) is 3.77. The molecule has 6 nitrogen and oxygen atoms in total. The van der Waals surface area contributed by atoms with E-state index < -0.39 is 16.4 Å². The number of hydrogen-bond acceptors (Lipinski definition) is 5. The number of carbonyl (C=O) groups is 1. The molecule has 0 aromatic heterocycles. The number of hydrogen-bond donors (Lipinski definition) is 1. The van der Waals surface area contributed by atoms with Crippen molar-refractivity contribution < 1.29 is 19.6 Å². The number of methoxy groups -OCH3 is 1. The molecule has 0 amide bonds. The molecule has 0 saturated carbocycles. The van der Waals surface area contributed by atoms with Crippen LogP contribution in [0.25, 0.3) is 6.08 Å². The van der Waals surface area contributed by atoms with Gasteiger partial charge in [0.05, 0.1) is 12.0 Å². The van der Waals surface area contributed by atoms with Crippen LogP contribution in [-0.4, -0.2) is 22.9 Å². The number of nitro groups is 1. The number of fused-ring (bicyclic) bond motifs is 1. The number of allylic oxidation sites excluding steroid dienone is 1. The number of ether oxygens (including phenoxy) is 1. The molecule has 0 radical (unpaired) electrons. The van der Waals surface area contributed by atoms with Crippen molar-refractivity contribution in [1.82, 2.24) is 0 Å². The predicted octanol–water partition coefficient (Wildman–Crippen LogP) is 3.13. The Morgan fingerprint density at radius 1 is 1.30 bits per heavy atom. The first kappa shape index (κ1) is 14.8. The summed E-state index contributed by atoms with van der Waals surface area (Å²) in [6.45, 7) is 0. The van der Waals surface area contributed by atoms with Crippen molar-refractivity contribution in [2.45, 2.75) is 6.42 Å². The first-order valence-corrected chi connectivity index (χ1v) is 6.90. The maximum atomic E-state index is 12.4. The molecule has 2 aromatic carbocycles. The fraction of sp³-hybridized carbons (Fsp3) is 0.118. The first-order chi connectivity index (χ1) is 11.0. The number of aromatic hydroxyl groups is 1. The van der Waals surface area contributed by atoms with Gasteiger partial charge in [-0.25, -0.2) is 0 Å². The van der Waals surface area contributed by atoms with E-state index in [0.717, 1.165) is 5.56 Å². The Morgan fingerprint density at radius 3 is 2.70 bits per heavy atom. The van der Waals surface area contributed by atoms with E-state index >= 15 is 0 Å². The molecule has 0 unspecified atom stereocenters. The van der Waals surface area contributed by atoms with Gasteiger partial charge in [0.25, 0.3) is 0 Å². The van der Waals surface area contributed by atoms with E-state index in [4.69, 9.17) is 4.74 Å². The van der Waals surface area contributed by atoms with Gasteiger partial charge in [0, 0.05) is 23.6 Å². The number of ketones is 1. The zero-order valence-electron chi connectivity index (χ0n) is 12.3. The maximum Gasteiger partial charge on any atom is 0.315 e. The molecule has 3 rings (SSSR count). The SMILES string of the molecule is COc1cc(/C=C2\Cc3ccccc3C2=O)cc([N+](=O)[O-])c1O. The van der Waals surface area contributed by atoms with Crippen LogP contribution in [0.1, 0.15) is 21.5 Å². The van der Waals surface area contributed by atoms with E-state index in [-0.39, 0.29) is 11.5 Å². The number of nitro benzene ring substituents is 1.